The van der Waals surface area contributed by atoms with Crippen molar-refractivity contribution in [2.45, 2.75) is 24.8 Å². The molecule has 0 aliphatic rings. The number of carbonyl (C=O) groups excluding carboxylic acids is 1. The van der Waals surface area contributed by atoms with Crippen molar-refractivity contribution < 1.29 is 9.00 Å². The van der Waals surface area contributed by atoms with E-state index in [2.05, 4.69) is 5.32 Å². The van der Waals surface area contributed by atoms with Crippen LogP contribution in [0.15, 0.2) is 59.5 Å². The van der Waals surface area contributed by atoms with E-state index >= 15 is 0 Å². The third-order valence-electron chi connectivity index (χ3n) is 3.22. The average molecular weight is 301 g/mol. The maximum atomic E-state index is 12.1. The Morgan fingerprint density at radius 1 is 1.10 bits per heavy atom. The molecule has 1 unspecified atom stereocenters. The number of carbonyl (C=O) groups is 1. The van der Waals surface area contributed by atoms with E-state index in [0.717, 1.165) is 11.1 Å². The topological polar surface area (TPSA) is 46.2 Å². The maximum Gasteiger partial charge on any atom is 0.233 e. The van der Waals surface area contributed by atoms with Crippen molar-refractivity contribution in [2.24, 2.45) is 0 Å². The quantitative estimate of drug-likeness (QED) is 0.923. The molecule has 3 nitrogen and oxygen atoms in total. The van der Waals surface area contributed by atoms with Gasteiger partial charge in [-0.15, -0.1) is 0 Å². The highest BCUT2D eigenvalue weighted by molar-refractivity contribution is 7.85. The minimum absolute atomic E-state index is 0.0137. The zero-order valence-electron chi connectivity index (χ0n) is 12.2. The molecule has 0 saturated heterocycles. The Hall–Kier alpha value is -1.94. The fourth-order valence-corrected chi connectivity index (χ4v) is 2.93. The Labute approximate surface area is 127 Å². The summed E-state index contributed by atoms with van der Waals surface area (Å²) in [6.07, 6.45) is 0. The van der Waals surface area contributed by atoms with Crippen molar-refractivity contribution in [2.75, 3.05) is 5.75 Å². The number of amides is 1. The van der Waals surface area contributed by atoms with Gasteiger partial charge in [0.25, 0.3) is 0 Å². The summed E-state index contributed by atoms with van der Waals surface area (Å²) in [4.78, 5) is 12.7. The highest BCUT2D eigenvalue weighted by Crippen LogP contribution is 2.12. The lowest BCUT2D eigenvalue weighted by Crippen LogP contribution is -2.30. The molecule has 0 spiro atoms. The van der Waals surface area contributed by atoms with E-state index < -0.39 is 10.8 Å². The molecule has 0 fully saturated rings. The second-order valence-electron chi connectivity index (χ2n) is 5.00. The smallest absolute Gasteiger partial charge is 0.233 e. The molecule has 0 saturated carbocycles. The molecule has 2 rings (SSSR count). The summed E-state index contributed by atoms with van der Waals surface area (Å²) in [7, 11) is -1.31. The van der Waals surface area contributed by atoms with Gasteiger partial charge in [-0.2, -0.15) is 0 Å². The molecule has 0 aliphatic heterocycles. The van der Waals surface area contributed by atoms with Crippen LogP contribution in [0.3, 0.4) is 0 Å². The molecule has 0 radical (unpaired) electrons. The molecule has 0 heterocycles. The first kappa shape index (κ1) is 15.4. The molecular formula is C17H19NO2S. The molecule has 0 aliphatic carbocycles. The van der Waals surface area contributed by atoms with Gasteiger partial charge in [0, 0.05) is 4.90 Å². The van der Waals surface area contributed by atoms with Gasteiger partial charge in [-0.3, -0.25) is 9.00 Å². The monoisotopic (exact) mass is 301 g/mol. The maximum absolute atomic E-state index is 12.1. The summed E-state index contributed by atoms with van der Waals surface area (Å²) in [5, 5.41) is 2.88. The van der Waals surface area contributed by atoms with Gasteiger partial charge < -0.3 is 5.32 Å². The normalized spacial score (nSPS) is 13.4. The van der Waals surface area contributed by atoms with E-state index in [4.69, 9.17) is 0 Å². The van der Waals surface area contributed by atoms with Gasteiger partial charge >= 0.3 is 0 Å². The van der Waals surface area contributed by atoms with Crippen LogP contribution in [0, 0.1) is 6.92 Å². The minimum Gasteiger partial charge on any atom is -0.349 e. The SMILES string of the molecule is Cc1ccc(S(=O)CC(=O)N[C@@H](C)c2ccccc2)cc1. The van der Waals surface area contributed by atoms with E-state index in [0.29, 0.717) is 4.90 Å². The lowest BCUT2D eigenvalue weighted by molar-refractivity contribution is -0.119. The fourth-order valence-electron chi connectivity index (χ4n) is 2.00. The van der Waals surface area contributed by atoms with Crippen LogP contribution in [0.25, 0.3) is 0 Å². The first-order valence-corrected chi connectivity index (χ1v) is 8.17. The van der Waals surface area contributed by atoms with Crippen LogP contribution < -0.4 is 5.32 Å². The molecular weight excluding hydrogens is 282 g/mol. The van der Waals surface area contributed by atoms with Crippen molar-refractivity contribution in [3.8, 4) is 0 Å². The average Bonchev–Trinajstić information content (AvgIpc) is 2.48. The molecule has 1 amide bonds. The summed E-state index contributed by atoms with van der Waals surface area (Å²) in [6.45, 7) is 3.89. The van der Waals surface area contributed by atoms with Gasteiger partial charge in [0.1, 0.15) is 5.75 Å². The largest absolute Gasteiger partial charge is 0.349 e. The van der Waals surface area contributed by atoms with E-state index in [-0.39, 0.29) is 17.7 Å². The third-order valence-corrected chi connectivity index (χ3v) is 4.55. The standard InChI is InChI=1S/C17H19NO2S/c1-13-8-10-16(11-9-13)21(20)12-17(19)18-14(2)15-6-4-3-5-7-15/h3-11,14H,12H2,1-2H3,(H,18,19)/t14-,21?/m0/s1. The van der Waals surface area contributed by atoms with E-state index in [1.54, 1.807) is 12.1 Å². The fraction of sp³-hybridized carbons (Fsp3) is 0.235. The molecule has 4 heteroatoms. The molecule has 2 aromatic carbocycles. The van der Waals surface area contributed by atoms with E-state index in [1.165, 1.54) is 0 Å². The summed E-state index contributed by atoms with van der Waals surface area (Å²) in [6, 6.07) is 17.0. The van der Waals surface area contributed by atoms with Crippen molar-refractivity contribution in [1.82, 2.24) is 5.32 Å². The molecule has 0 aromatic heterocycles. The van der Waals surface area contributed by atoms with Gasteiger partial charge in [0.05, 0.1) is 16.8 Å². The Morgan fingerprint density at radius 3 is 2.33 bits per heavy atom. The first-order valence-electron chi connectivity index (χ1n) is 6.85. The van der Waals surface area contributed by atoms with Crippen LogP contribution in [0.4, 0.5) is 0 Å². The summed E-state index contributed by atoms with van der Waals surface area (Å²) < 4.78 is 12.1. The lowest BCUT2D eigenvalue weighted by atomic mass is 10.1. The van der Waals surface area contributed by atoms with Gasteiger partial charge in [-0.05, 0) is 31.5 Å². The molecule has 2 aromatic rings. The first-order chi connectivity index (χ1) is 10.1. The second kappa shape index (κ2) is 7.18. The Kier molecular flexibility index (Phi) is 5.28. The van der Waals surface area contributed by atoms with Gasteiger partial charge in [0.2, 0.25) is 5.91 Å². The van der Waals surface area contributed by atoms with E-state index in [1.807, 2.05) is 56.3 Å². The summed E-state index contributed by atoms with van der Waals surface area (Å²) in [5.74, 6) is -0.217. The highest BCUT2D eigenvalue weighted by atomic mass is 32.2. The molecule has 2 atom stereocenters. The number of aryl methyl sites for hydroxylation is 1. The number of hydrogen-bond acceptors (Lipinski definition) is 2. The third kappa shape index (κ3) is 4.53. The minimum atomic E-state index is -1.31. The Balaban J connectivity index is 1.92. The number of hydrogen-bond donors (Lipinski definition) is 1. The molecule has 0 bridgehead atoms. The van der Waals surface area contributed by atoms with Crippen LogP contribution >= 0.6 is 0 Å². The number of benzene rings is 2. The zero-order valence-corrected chi connectivity index (χ0v) is 13.0. The van der Waals surface area contributed by atoms with Gasteiger partial charge in [-0.25, -0.2) is 0 Å². The van der Waals surface area contributed by atoms with Crippen molar-refractivity contribution >= 4 is 16.7 Å². The second-order valence-corrected chi connectivity index (χ2v) is 6.45. The predicted octanol–water partition coefficient (Wildman–Crippen LogP) is 2.98. The number of nitrogens with one attached hydrogen (secondary N) is 1. The van der Waals surface area contributed by atoms with Gasteiger partial charge in [0.15, 0.2) is 0 Å². The lowest BCUT2D eigenvalue weighted by Gasteiger charge is -2.14. The van der Waals surface area contributed by atoms with Crippen LogP contribution in [0.5, 0.6) is 0 Å². The van der Waals surface area contributed by atoms with Crippen molar-refractivity contribution in [3.05, 3.63) is 65.7 Å². The highest BCUT2D eigenvalue weighted by Gasteiger charge is 2.13. The molecule has 21 heavy (non-hydrogen) atoms. The van der Waals surface area contributed by atoms with Crippen molar-refractivity contribution in [3.63, 3.8) is 0 Å². The van der Waals surface area contributed by atoms with Crippen LogP contribution in [0.2, 0.25) is 0 Å². The molecule has 110 valence electrons. The summed E-state index contributed by atoms with van der Waals surface area (Å²) in [5.41, 5.74) is 2.14. The number of rotatable bonds is 5. The van der Waals surface area contributed by atoms with E-state index in [9.17, 15) is 9.00 Å². The van der Waals surface area contributed by atoms with Gasteiger partial charge in [-0.1, -0.05) is 48.0 Å². The summed E-state index contributed by atoms with van der Waals surface area (Å²) >= 11 is 0. The van der Waals surface area contributed by atoms with Crippen LogP contribution in [0.1, 0.15) is 24.1 Å². The zero-order chi connectivity index (χ0) is 15.2. The Morgan fingerprint density at radius 2 is 1.71 bits per heavy atom. The van der Waals surface area contributed by atoms with Crippen LogP contribution in [-0.4, -0.2) is 15.9 Å². The van der Waals surface area contributed by atoms with Crippen LogP contribution in [-0.2, 0) is 15.6 Å². The predicted molar refractivity (Wildman–Crippen MR) is 85.5 cm³/mol. The molecule has 1 N–H and O–H groups in total. The van der Waals surface area contributed by atoms with Crippen molar-refractivity contribution in [1.29, 1.82) is 0 Å². The Bertz CT molecular complexity index is 623.